The van der Waals surface area contributed by atoms with E-state index in [1.807, 2.05) is 0 Å². The Hall–Kier alpha value is -1.60. The monoisotopic (exact) mass is 325 g/mol. The maximum Gasteiger partial charge on any atom is 0.251 e. The molecule has 1 saturated heterocycles. The van der Waals surface area contributed by atoms with E-state index in [-0.39, 0.29) is 5.91 Å². The Balaban J connectivity index is 2.01. The molecule has 0 bridgehead atoms. The van der Waals surface area contributed by atoms with Crippen LogP contribution in [-0.4, -0.2) is 40.2 Å². The lowest BCUT2D eigenvalue weighted by Crippen LogP contribution is -2.38. The smallest absolute Gasteiger partial charge is 0.251 e. The molecule has 122 valence electrons. The number of piperidine rings is 1. The molecule has 1 unspecified atom stereocenters. The van der Waals surface area contributed by atoms with Crippen LogP contribution in [0.15, 0.2) is 18.2 Å². The van der Waals surface area contributed by atoms with E-state index in [0.717, 1.165) is 37.8 Å². The average molecular weight is 325 g/mol. The van der Waals surface area contributed by atoms with Crippen LogP contribution in [0.2, 0.25) is 0 Å². The number of nitrogens with one attached hydrogen (secondary N) is 3. The number of hydrogen-bond donors (Lipinski definition) is 3. The Morgan fingerprint density at radius 3 is 2.82 bits per heavy atom. The summed E-state index contributed by atoms with van der Waals surface area (Å²) in [4.78, 5) is 12.2. The van der Waals surface area contributed by atoms with Crippen molar-refractivity contribution in [3.8, 4) is 0 Å². The molecular weight excluding hydrogens is 302 g/mol. The molecule has 0 aliphatic carbocycles. The fourth-order valence-electron chi connectivity index (χ4n) is 2.51. The van der Waals surface area contributed by atoms with E-state index in [1.54, 1.807) is 25.1 Å². The van der Waals surface area contributed by atoms with Crippen LogP contribution in [0.3, 0.4) is 0 Å². The molecule has 1 heterocycles. The number of rotatable bonds is 5. The normalized spacial score (nSPS) is 18.7. The number of aryl methyl sites for hydroxylation is 1. The standard InChI is InChI=1S/C15H23N3O3S/c1-11-5-6-13(8-14(11)18-22(2,20)21)15(19)17-10-12-4-3-7-16-9-12/h5-6,8,12,16,18H,3-4,7,9-10H2,1-2H3,(H,17,19). The van der Waals surface area contributed by atoms with Crippen LogP contribution < -0.4 is 15.4 Å². The van der Waals surface area contributed by atoms with Gasteiger partial charge in [0.05, 0.1) is 11.9 Å². The van der Waals surface area contributed by atoms with E-state index in [4.69, 9.17) is 0 Å². The third kappa shape index (κ3) is 4.99. The predicted molar refractivity (Wildman–Crippen MR) is 87.6 cm³/mol. The molecule has 1 aliphatic rings. The highest BCUT2D eigenvalue weighted by Gasteiger charge is 2.15. The van der Waals surface area contributed by atoms with Gasteiger partial charge in [-0.3, -0.25) is 9.52 Å². The van der Waals surface area contributed by atoms with Crippen molar-refractivity contribution in [3.63, 3.8) is 0 Å². The molecule has 7 heteroatoms. The van der Waals surface area contributed by atoms with Crippen LogP contribution in [0, 0.1) is 12.8 Å². The minimum Gasteiger partial charge on any atom is -0.352 e. The van der Waals surface area contributed by atoms with Crippen LogP contribution in [0.5, 0.6) is 0 Å². The number of hydrogen-bond acceptors (Lipinski definition) is 4. The molecule has 3 N–H and O–H groups in total. The van der Waals surface area contributed by atoms with E-state index >= 15 is 0 Å². The van der Waals surface area contributed by atoms with E-state index in [9.17, 15) is 13.2 Å². The Morgan fingerprint density at radius 2 is 2.18 bits per heavy atom. The van der Waals surface area contributed by atoms with Gasteiger partial charge < -0.3 is 10.6 Å². The second-order valence-corrected chi connectivity index (χ2v) is 7.57. The molecule has 1 fully saturated rings. The van der Waals surface area contributed by atoms with Gasteiger partial charge in [0.2, 0.25) is 10.0 Å². The summed E-state index contributed by atoms with van der Waals surface area (Å²) >= 11 is 0. The lowest BCUT2D eigenvalue weighted by atomic mass is 9.99. The van der Waals surface area contributed by atoms with Crippen LogP contribution in [0.4, 0.5) is 5.69 Å². The van der Waals surface area contributed by atoms with Crippen molar-refractivity contribution in [1.29, 1.82) is 0 Å². The SMILES string of the molecule is Cc1ccc(C(=O)NCC2CCCNC2)cc1NS(C)(=O)=O. The zero-order valence-electron chi connectivity index (χ0n) is 13.0. The predicted octanol–water partition coefficient (Wildman–Crippen LogP) is 1.10. The molecule has 1 aliphatic heterocycles. The van der Waals surface area contributed by atoms with Crippen molar-refractivity contribution in [2.24, 2.45) is 5.92 Å². The van der Waals surface area contributed by atoms with Crippen LogP contribution in [0.1, 0.15) is 28.8 Å². The maximum atomic E-state index is 12.2. The molecule has 0 spiro atoms. The van der Waals surface area contributed by atoms with E-state index in [0.29, 0.717) is 23.7 Å². The van der Waals surface area contributed by atoms with Gasteiger partial charge in [0.25, 0.3) is 5.91 Å². The van der Waals surface area contributed by atoms with Gasteiger partial charge in [0, 0.05) is 12.1 Å². The van der Waals surface area contributed by atoms with Crippen LogP contribution in [-0.2, 0) is 10.0 Å². The molecule has 0 radical (unpaired) electrons. The number of benzene rings is 1. The summed E-state index contributed by atoms with van der Waals surface area (Å²) in [5.74, 6) is 0.277. The first kappa shape index (κ1) is 16.8. The summed E-state index contributed by atoms with van der Waals surface area (Å²) in [6.07, 6.45) is 3.34. The van der Waals surface area contributed by atoms with Crippen molar-refractivity contribution in [1.82, 2.24) is 10.6 Å². The van der Waals surface area contributed by atoms with Crippen molar-refractivity contribution < 1.29 is 13.2 Å². The molecule has 6 nitrogen and oxygen atoms in total. The Labute approximate surface area is 131 Å². The number of sulfonamides is 1. The molecule has 0 aromatic heterocycles. The first-order valence-electron chi connectivity index (χ1n) is 7.42. The van der Waals surface area contributed by atoms with Crippen molar-refractivity contribution in [2.75, 3.05) is 30.6 Å². The van der Waals surface area contributed by atoms with Gasteiger partial charge in [0.15, 0.2) is 0 Å². The van der Waals surface area contributed by atoms with Gasteiger partial charge in [0.1, 0.15) is 0 Å². The van der Waals surface area contributed by atoms with Gasteiger partial charge in [-0.1, -0.05) is 6.07 Å². The molecular formula is C15H23N3O3S. The Kier molecular flexibility index (Phi) is 5.42. The molecule has 1 atom stereocenters. The maximum absolute atomic E-state index is 12.2. The van der Waals surface area contributed by atoms with E-state index in [2.05, 4.69) is 15.4 Å². The second kappa shape index (κ2) is 7.11. The molecule has 0 saturated carbocycles. The highest BCUT2D eigenvalue weighted by molar-refractivity contribution is 7.92. The Bertz CT molecular complexity index is 637. The topological polar surface area (TPSA) is 87.3 Å². The third-order valence-corrected chi connectivity index (χ3v) is 4.34. The Morgan fingerprint density at radius 1 is 1.41 bits per heavy atom. The molecule has 1 aromatic rings. The summed E-state index contributed by atoms with van der Waals surface area (Å²) in [7, 11) is -3.36. The number of carbonyl (C=O) groups is 1. The second-order valence-electron chi connectivity index (χ2n) is 5.83. The van der Waals surface area contributed by atoms with Gasteiger partial charge in [-0.05, 0) is 56.5 Å². The lowest BCUT2D eigenvalue weighted by molar-refractivity contribution is 0.0945. The first-order valence-corrected chi connectivity index (χ1v) is 9.31. The highest BCUT2D eigenvalue weighted by atomic mass is 32.2. The number of amides is 1. The summed E-state index contributed by atoms with van der Waals surface area (Å²) in [5, 5.41) is 6.23. The van der Waals surface area contributed by atoms with Gasteiger partial charge in [-0.2, -0.15) is 0 Å². The fraction of sp³-hybridized carbons (Fsp3) is 0.533. The highest BCUT2D eigenvalue weighted by Crippen LogP contribution is 2.18. The molecule has 2 rings (SSSR count). The summed E-state index contributed by atoms with van der Waals surface area (Å²) in [6.45, 7) is 4.40. The van der Waals surface area contributed by atoms with Crippen molar-refractivity contribution >= 4 is 21.6 Å². The molecule has 1 amide bonds. The summed E-state index contributed by atoms with van der Waals surface area (Å²) in [5.41, 5.74) is 1.67. The minimum atomic E-state index is -3.36. The van der Waals surface area contributed by atoms with Crippen LogP contribution in [0.25, 0.3) is 0 Å². The first-order chi connectivity index (χ1) is 10.3. The van der Waals surface area contributed by atoms with Crippen molar-refractivity contribution in [2.45, 2.75) is 19.8 Å². The van der Waals surface area contributed by atoms with Crippen LogP contribution >= 0.6 is 0 Å². The van der Waals surface area contributed by atoms with E-state index in [1.165, 1.54) is 0 Å². The third-order valence-electron chi connectivity index (χ3n) is 3.75. The zero-order valence-corrected chi connectivity index (χ0v) is 13.8. The van der Waals surface area contributed by atoms with E-state index < -0.39 is 10.0 Å². The summed E-state index contributed by atoms with van der Waals surface area (Å²) < 4.78 is 25.1. The quantitative estimate of drug-likeness (QED) is 0.756. The van der Waals surface area contributed by atoms with Gasteiger partial charge >= 0.3 is 0 Å². The number of carbonyl (C=O) groups excluding carboxylic acids is 1. The summed E-state index contributed by atoms with van der Waals surface area (Å²) in [6, 6.07) is 5.02. The average Bonchev–Trinajstić information content (AvgIpc) is 2.47. The van der Waals surface area contributed by atoms with Crippen molar-refractivity contribution in [3.05, 3.63) is 29.3 Å². The molecule has 22 heavy (non-hydrogen) atoms. The minimum absolute atomic E-state index is 0.179. The van der Waals surface area contributed by atoms with Gasteiger partial charge in [-0.15, -0.1) is 0 Å². The fourth-order valence-corrected chi connectivity index (χ4v) is 3.13. The zero-order chi connectivity index (χ0) is 16.2. The lowest BCUT2D eigenvalue weighted by Gasteiger charge is -2.23. The van der Waals surface area contributed by atoms with Gasteiger partial charge in [-0.25, -0.2) is 8.42 Å². The molecule has 1 aromatic carbocycles. The largest absolute Gasteiger partial charge is 0.352 e. The number of anilines is 1.